The second kappa shape index (κ2) is 5.05. The Kier molecular flexibility index (Phi) is 3.21. The van der Waals surface area contributed by atoms with Crippen molar-refractivity contribution < 1.29 is 13.2 Å². The van der Waals surface area contributed by atoms with Gasteiger partial charge in [-0.15, -0.1) is 0 Å². The molecule has 0 aliphatic rings. The van der Waals surface area contributed by atoms with Gasteiger partial charge in [-0.3, -0.25) is 4.98 Å². The molecule has 6 heteroatoms. The second-order valence-corrected chi connectivity index (χ2v) is 4.32. The van der Waals surface area contributed by atoms with E-state index >= 15 is 0 Å². The van der Waals surface area contributed by atoms with Gasteiger partial charge in [-0.2, -0.15) is 18.3 Å². The molecule has 0 saturated carbocycles. The highest BCUT2D eigenvalue weighted by Gasteiger charge is 2.36. The third-order valence-corrected chi connectivity index (χ3v) is 2.90. The molecule has 0 bridgehead atoms. The van der Waals surface area contributed by atoms with Gasteiger partial charge >= 0.3 is 6.18 Å². The summed E-state index contributed by atoms with van der Waals surface area (Å²) < 4.78 is 40.4. The van der Waals surface area contributed by atoms with Crippen LogP contribution in [0.5, 0.6) is 0 Å². The van der Waals surface area contributed by atoms with E-state index in [1.807, 2.05) is 0 Å². The standard InChI is InChI=1S/C15H9F3N3/c16-15(17,18)14-9-13(11-5-4-8-19-10-11)20-21(14)12-6-2-1-3-7-12/h2-10H. The lowest BCUT2D eigenvalue weighted by atomic mass is 10.2. The molecule has 2 aromatic heterocycles. The van der Waals surface area contributed by atoms with E-state index in [9.17, 15) is 13.2 Å². The SMILES string of the molecule is FC(F)(F)c1cc(-c2cccnc2)nn1-c1cc[c]cc1. The Balaban J connectivity index is 2.17. The minimum absolute atomic E-state index is 0.225. The van der Waals surface area contributed by atoms with Crippen molar-refractivity contribution in [2.45, 2.75) is 6.18 Å². The van der Waals surface area contributed by atoms with Crippen LogP contribution in [0.4, 0.5) is 13.2 Å². The van der Waals surface area contributed by atoms with Crippen LogP contribution in [0.1, 0.15) is 5.69 Å². The topological polar surface area (TPSA) is 30.7 Å². The number of halogens is 3. The summed E-state index contributed by atoms with van der Waals surface area (Å²) in [7, 11) is 0. The molecule has 0 aliphatic heterocycles. The van der Waals surface area contributed by atoms with Crippen molar-refractivity contribution in [3.8, 4) is 16.9 Å². The maximum absolute atomic E-state index is 13.2. The van der Waals surface area contributed by atoms with Crippen LogP contribution in [0.15, 0.2) is 54.9 Å². The molecular weight excluding hydrogens is 279 g/mol. The van der Waals surface area contributed by atoms with Crippen molar-refractivity contribution in [2.24, 2.45) is 0 Å². The van der Waals surface area contributed by atoms with Crippen molar-refractivity contribution >= 4 is 0 Å². The number of benzene rings is 1. The van der Waals surface area contributed by atoms with E-state index in [1.165, 1.54) is 18.3 Å². The maximum atomic E-state index is 13.2. The molecule has 0 spiro atoms. The zero-order chi connectivity index (χ0) is 14.9. The van der Waals surface area contributed by atoms with Crippen molar-refractivity contribution in [1.82, 2.24) is 14.8 Å². The van der Waals surface area contributed by atoms with Gasteiger partial charge in [0, 0.05) is 18.0 Å². The first-order chi connectivity index (χ1) is 10.1. The van der Waals surface area contributed by atoms with E-state index in [2.05, 4.69) is 16.1 Å². The predicted molar refractivity (Wildman–Crippen MR) is 70.6 cm³/mol. The Morgan fingerprint density at radius 3 is 2.48 bits per heavy atom. The van der Waals surface area contributed by atoms with E-state index in [0.29, 0.717) is 11.3 Å². The summed E-state index contributed by atoms with van der Waals surface area (Å²) in [6.07, 6.45) is -1.46. The first kappa shape index (κ1) is 13.4. The number of pyridine rings is 1. The number of nitrogens with zero attached hydrogens (tertiary/aromatic N) is 3. The van der Waals surface area contributed by atoms with Crippen LogP contribution in [-0.4, -0.2) is 14.8 Å². The fourth-order valence-electron chi connectivity index (χ4n) is 1.95. The Bertz CT molecular complexity index is 734. The monoisotopic (exact) mass is 288 g/mol. The van der Waals surface area contributed by atoms with Crippen LogP contribution in [-0.2, 0) is 6.18 Å². The van der Waals surface area contributed by atoms with Crippen LogP contribution >= 0.6 is 0 Å². The highest BCUT2D eigenvalue weighted by Crippen LogP contribution is 2.33. The molecule has 3 nitrogen and oxygen atoms in total. The molecule has 1 radical (unpaired) electrons. The number of hydrogen-bond donors (Lipinski definition) is 0. The van der Waals surface area contributed by atoms with Crippen molar-refractivity contribution in [1.29, 1.82) is 0 Å². The normalized spacial score (nSPS) is 11.6. The lowest BCUT2D eigenvalue weighted by Gasteiger charge is -2.09. The molecule has 0 amide bonds. The summed E-state index contributed by atoms with van der Waals surface area (Å²) in [6.45, 7) is 0. The van der Waals surface area contributed by atoms with Crippen molar-refractivity contribution in [3.63, 3.8) is 0 Å². The third-order valence-electron chi connectivity index (χ3n) is 2.90. The molecule has 0 saturated heterocycles. The lowest BCUT2D eigenvalue weighted by molar-refractivity contribution is -0.142. The average Bonchev–Trinajstić information content (AvgIpc) is 2.94. The van der Waals surface area contributed by atoms with Crippen LogP contribution in [0.3, 0.4) is 0 Å². The smallest absolute Gasteiger partial charge is 0.264 e. The predicted octanol–water partition coefficient (Wildman–Crippen LogP) is 3.75. The van der Waals surface area contributed by atoms with Gasteiger partial charge in [-0.25, -0.2) is 4.68 Å². The van der Waals surface area contributed by atoms with Crippen LogP contribution in [0.25, 0.3) is 16.9 Å². The van der Waals surface area contributed by atoms with Gasteiger partial charge < -0.3 is 0 Å². The van der Waals surface area contributed by atoms with Gasteiger partial charge in [0.25, 0.3) is 0 Å². The molecule has 3 rings (SSSR count). The fraction of sp³-hybridized carbons (Fsp3) is 0.0667. The second-order valence-electron chi connectivity index (χ2n) is 4.32. The van der Waals surface area contributed by atoms with E-state index in [1.54, 1.807) is 30.5 Å². The molecule has 105 valence electrons. The summed E-state index contributed by atoms with van der Waals surface area (Å²) in [5.41, 5.74) is 0.260. The van der Waals surface area contributed by atoms with Crippen LogP contribution in [0, 0.1) is 6.07 Å². The summed E-state index contributed by atoms with van der Waals surface area (Å²) in [6, 6.07) is 13.2. The van der Waals surface area contributed by atoms with E-state index in [0.717, 1.165) is 10.7 Å². The van der Waals surface area contributed by atoms with Gasteiger partial charge in [0.2, 0.25) is 0 Å². The molecule has 0 unspecified atom stereocenters. The fourth-order valence-corrected chi connectivity index (χ4v) is 1.95. The van der Waals surface area contributed by atoms with E-state index in [-0.39, 0.29) is 5.69 Å². The van der Waals surface area contributed by atoms with Crippen molar-refractivity contribution in [2.75, 3.05) is 0 Å². The molecule has 0 N–H and O–H groups in total. The average molecular weight is 288 g/mol. The van der Waals surface area contributed by atoms with Gasteiger partial charge in [0.05, 0.1) is 11.4 Å². The number of aromatic nitrogens is 3. The number of alkyl halides is 3. The van der Waals surface area contributed by atoms with Gasteiger partial charge in [0.1, 0.15) is 5.69 Å². The quantitative estimate of drug-likeness (QED) is 0.719. The number of hydrogen-bond acceptors (Lipinski definition) is 2. The lowest BCUT2D eigenvalue weighted by Crippen LogP contribution is -2.13. The zero-order valence-corrected chi connectivity index (χ0v) is 10.7. The highest BCUT2D eigenvalue weighted by molar-refractivity contribution is 5.59. The highest BCUT2D eigenvalue weighted by atomic mass is 19.4. The zero-order valence-electron chi connectivity index (χ0n) is 10.7. The van der Waals surface area contributed by atoms with Gasteiger partial charge in [0.15, 0.2) is 0 Å². The largest absolute Gasteiger partial charge is 0.433 e. The van der Waals surface area contributed by atoms with Crippen molar-refractivity contribution in [3.05, 3.63) is 66.6 Å². The molecule has 2 heterocycles. The molecule has 0 aliphatic carbocycles. The van der Waals surface area contributed by atoms with Crippen LogP contribution < -0.4 is 0 Å². The van der Waals surface area contributed by atoms with E-state index < -0.39 is 11.9 Å². The van der Waals surface area contributed by atoms with E-state index in [4.69, 9.17) is 0 Å². The molecule has 0 atom stereocenters. The third kappa shape index (κ3) is 2.65. The summed E-state index contributed by atoms with van der Waals surface area (Å²) in [5, 5.41) is 4.06. The first-order valence-corrected chi connectivity index (χ1v) is 6.10. The summed E-state index contributed by atoms with van der Waals surface area (Å²) in [4.78, 5) is 3.90. The van der Waals surface area contributed by atoms with Gasteiger partial charge in [-0.05, 0) is 36.4 Å². The Morgan fingerprint density at radius 1 is 1.10 bits per heavy atom. The Labute approximate surface area is 118 Å². The first-order valence-electron chi connectivity index (χ1n) is 6.10. The Morgan fingerprint density at radius 2 is 1.86 bits per heavy atom. The molecular formula is C15H9F3N3. The van der Waals surface area contributed by atoms with Gasteiger partial charge in [-0.1, -0.05) is 12.1 Å². The molecule has 21 heavy (non-hydrogen) atoms. The minimum atomic E-state index is -4.49. The number of rotatable bonds is 2. The van der Waals surface area contributed by atoms with Crippen LogP contribution in [0.2, 0.25) is 0 Å². The molecule has 1 aromatic carbocycles. The summed E-state index contributed by atoms with van der Waals surface area (Å²) >= 11 is 0. The molecule has 0 fully saturated rings. The maximum Gasteiger partial charge on any atom is 0.433 e. The summed E-state index contributed by atoms with van der Waals surface area (Å²) in [5.74, 6) is 0. The Hall–Kier alpha value is -2.63. The molecule has 3 aromatic rings. The minimum Gasteiger partial charge on any atom is -0.264 e.